The maximum atomic E-state index is 11.6. The second-order valence-electron chi connectivity index (χ2n) is 4.76. The molecule has 0 saturated carbocycles. The molecule has 1 aromatic heterocycles. The molecule has 94 valence electrons. The number of hydrogen-bond acceptors (Lipinski definition) is 3. The van der Waals surface area contributed by atoms with Gasteiger partial charge < -0.3 is 5.32 Å². The van der Waals surface area contributed by atoms with Gasteiger partial charge >= 0.3 is 0 Å². The highest BCUT2D eigenvalue weighted by Gasteiger charge is 2.20. The van der Waals surface area contributed by atoms with Gasteiger partial charge in [-0.2, -0.15) is 0 Å². The molecular formula is C12H16ClNO2S. The normalized spacial score (nSPS) is 11.3. The molecule has 0 aliphatic heterocycles. The van der Waals surface area contributed by atoms with Crippen LogP contribution < -0.4 is 5.32 Å². The highest BCUT2D eigenvalue weighted by molar-refractivity contribution is 7.14. The second kappa shape index (κ2) is 5.65. The van der Waals surface area contributed by atoms with Gasteiger partial charge in [0.2, 0.25) is 5.91 Å². The minimum absolute atomic E-state index is 0.00359. The monoisotopic (exact) mass is 273 g/mol. The second-order valence-corrected chi connectivity index (χ2v) is 6.19. The molecule has 0 saturated heterocycles. The maximum Gasteiger partial charge on any atom is 0.225 e. The molecule has 0 bridgehead atoms. The minimum Gasteiger partial charge on any atom is -0.351 e. The topological polar surface area (TPSA) is 46.2 Å². The van der Waals surface area contributed by atoms with Crippen molar-refractivity contribution in [3.8, 4) is 0 Å². The number of hydrogen-bond donors (Lipinski definition) is 1. The Morgan fingerprint density at radius 2 is 2.00 bits per heavy atom. The number of alkyl halides is 1. The number of amides is 1. The third kappa shape index (κ3) is 4.13. The predicted octanol–water partition coefficient (Wildman–Crippen LogP) is 2.83. The summed E-state index contributed by atoms with van der Waals surface area (Å²) in [5.74, 6) is -0.0879. The van der Waals surface area contributed by atoms with Crippen LogP contribution in [0.3, 0.4) is 0 Å². The maximum absolute atomic E-state index is 11.6. The van der Waals surface area contributed by atoms with Crippen LogP contribution in [0.2, 0.25) is 0 Å². The van der Waals surface area contributed by atoms with Crippen LogP contribution in [0.1, 0.15) is 35.3 Å². The van der Waals surface area contributed by atoms with Gasteiger partial charge in [0.25, 0.3) is 0 Å². The van der Waals surface area contributed by atoms with Crippen LogP contribution in [0.5, 0.6) is 0 Å². The molecule has 0 aliphatic carbocycles. The predicted molar refractivity (Wildman–Crippen MR) is 70.7 cm³/mol. The number of thiophene rings is 1. The fraction of sp³-hybridized carbons (Fsp3) is 0.500. The molecule has 0 spiro atoms. The molecule has 0 atom stereocenters. The van der Waals surface area contributed by atoms with Crippen LogP contribution in [-0.2, 0) is 11.3 Å². The summed E-state index contributed by atoms with van der Waals surface area (Å²) in [7, 11) is 0. The van der Waals surface area contributed by atoms with E-state index >= 15 is 0 Å². The number of ketones is 1. The largest absolute Gasteiger partial charge is 0.351 e. The first-order chi connectivity index (χ1) is 7.84. The van der Waals surface area contributed by atoms with E-state index in [-0.39, 0.29) is 17.6 Å². The van der Waals surface area contributed by atoms with E-state index in [4.69, 9.17) is 11.6 Å². The first kappa shape index (κ1) is 14.2. The Bertz CT molecular complexity index is 420. The molecule has 5 heteroatoms. The molecule has 17 heavy (non-hydrogen) atoms. The van der Waals surface area contributed by atoms with Crippen molar-refractivity contribution in [3.63, 3.8) is 0 Å². The van der Waals surface area contributed by atoms with Crippen molar-refractivity contribution < 1.29 is 9.59 Å². The minimum atomic E-state index is -0.397. The zero-order valence-corrected chi connectivity index (χ0v) is 11.7. The number of Topliss-reactive ketones (excluding diaryl/α,β-unsaturated/α-hetero) is 1. The van der Waals surface area contributed by atoms with Crippen LogP contribution >= 0.6 is 22.9 Å². The van der Waals surface area contributed by atoms with Gasteiger partial charge in [-0.25, -0.2) is 0 Å². The lowest BCUT2D eigenvalue weighted by Gasteiger charge is -2.17. The lowest BCUT2D eigenvalue weighted by Crippen LogP contribution is -2.34. The number of carbonyl (C=O) groups is 2. The Morgan fingerprint density at radius 1 is 1.35 bits per heavy atom. The molecule has 1 aromatic rings. The molecule has 0 aromatic carbocycles. The number of rotatable bonds is 4. The van der Waals surface area contributed by atoms with Crippen LogP contribution in [0, 0.1) is 5.41 Å². The molecule has 1 heterocycles. The van der Waals surface area contributed by atoms with Crippen molar-refractivity contribution in [2.45, 2.75) is 27.3 Å². The van der Waals surface area contributed by atoms with Gasteiger partial charge in [0.1, 0.15) is 0 Å². The summed E-state index contributed by atoms with van der Waals surface area (Å²) in [6, 6.07) is 3.58. The Kier molecular flexibility index (Phi) is 4.71. The van der Waals surface area contributed by atoms with Gasteiger partial charge in [-0.05, 0) is 12.1 Å². The van der Waals surface area contributed by atoms with Crippen molar-refractivity contribution in [3.05, 3.63) is 21.9 Å². The van der Waals surface area contributed by atoms with E-state index in [2.05, 4.69) is 5.32 Å². The van der Waals surface area contributed by atoms with Gasteiger partial charge in [-0.1, -0.05) is 20.8 Å². The molecule has 1 N–H and O–H groups in total. The first-order valence-corrected chi connectivity index (χ1v) is 6.66. The number of carbonyl (C=O) groups excluding carboxylic acids is 2. The van der Waals surface area contributed by atoms with Crippen LogP contribution in [-0.4, -0.2) is 17.6 Å². The summed E-state index contributed by atoms with van der Waals surface area (Å²) in [6.07, 6.45) is 0. The fourth-order valence-corrected chi connectivity index (χ4v) is 2.23. The molecule has 0 unspecified atom stereocenters. The smallest absolute Gasteiger partial charge is 0.225 e. The highest BCUT2D eigenvalue weighted by atomic mass is 35.5. The van der Waals surface area contributed by atoms with E-state index in [9.17, 15) is 9.59 Å². The van der Waals surface area contributed by atoms with E-state index < -0.39 is 5.41 Å². The third-order valence-electron chi connectivity index (χ3n) is 2.16. The number of halogens is 1. The third-order valence-corrected chi connectivity index (χ3v) is 3.53. The molecule has 0 fully saturated rings. The van der Waals surface area contributed by atoms with Gasteiger partial charge in [-0.15, -0.1) is 22.9 Å². The lowest BCUT2D eigenvalue weighted by molar-refractivity contribution is -0.128. The summed E-state index contributed by atoms with van der Waals surface area (Å²) in [5, 5.41) is 2.84. The van der Waals surface area contributed by atoms with Crippen molar-refractivity contribution >= 4 is 34.6 Å². The standard InChI is InChI=1S/C12H16ClNO2S/c1-12(2,3)11(16)14-7-8-4-5-10(17-8)9(15)6-13/h4-5H,6-7H2,1-3H3,(H,14,16). The quantitative estimate of drug-likeness (QED) is 0.677. The summed E-state index contributed by atoms with van der Waals surface area (Å²) in [5.41, 5.74) is -0.397. The van der Waals surface area contributed by atoms with Crippen molar-refractivity contribution in [1.82, 2.24) is 5.32 Å². The van der Waals surface area contributed by atoms with Crippen LogP contribution in [0.4, 0.5) is 0 Å². The van der Waals surface area contributed by atoms with E-state index in [1.54, 1.807) is 6.07 Å². The summed E-state index contributed by atoms with van der Waals surface area (Å²) in [4.78, 5) is 24.5. The summed E-state index contributed by atoms with van der Waals surface area (Å²) in [6.45, 7) is 6.04. The van der Waals surface area contributed by atoms with E-state index in [0.717, 1.165) is 4.88 Å². The molecule has 1 rings (SSSR count). The van der Waals surface area contributed by atoms with Gasteiger partial charge in [0, 0.05) is 10.3 Å². The summed E-state index contributed by atoms with van der Waals surface area (Å²) >= 11 is 6.84. The number of nitrogens with one attached hydrogen (secondary N) is 1. The highest BCUT2D eigenvalue weighted by Crippen LogP contribution is 2.18. The zero-order chi connectivity index (χ0) is 13.1. The molecule has 3 nitrogen and oxygen atoms in total. The van der Waals surface area contributed by atoms with Gasteiger partial charge in [0.05, 0.1) is 17.3 Å². The molecular weight excluding hydrogens is 258 g/mol. The van der Waals surface area contributed by atoms with E-state index in [0.29, 0.717) is 11.4 Å². The van der Waals surface area contributed by atoms with Crippen molar-refractivity contribution in [1.29, 1.82) is 0 Å². The zero-order valence-electron chi connectivity index (χ0n) is 10.2. The first-order valence-electron chi connectivity index (χ1n) is 5.31. The lowest BCUT2D eigenvalue weighted by atomic mass is 9.96. The molecule has 1 amide bonds. The van der Waals surface area contributed by atoms with E-state index in [1.165, 1.54) is 11.3 Å². The SMILES string of the molecule is CC(C)(C)C(=O)NCc1ccc(C(=O)CCl)s1. The molecule has 0 aliphatic rings. The van der Waals surface area contributed by atoms with Crippen molar-refractivity contribution in [2.75, 3.05) is 5.88 Å². The van der Waals surface area contributed by atoms with Crippen molar-refractivity contribution in [2.24, 2.45) is 5.41 Å². The van der Waals surface area contributed by atoms with E-state index in [1.807, 2.05) is 26.8 Å². The molecule has 0 radical (unpaired) electrons. The Balaban J connectivity index is 2.56. The van der Waals surface area contributed by atoms with Gasteiger partial charge in [-0.3, -0.25) is 9.59 Å². The fourth-order valence-electron chi connectivity index (χ4n) is 1.12. The van der Waals surface area contributed by atoms with Crippen LogP contribution in [0.15, 0.2) is 12.1 Å². The average Bonchev–Trinajstić information content (AvgIpc) is 2.72. The average molecular weight is 274 g/mol. The Labute approximate surface area is 110 Å². The van der Waals surface area contributed by atoms with Gasteiger partial charge in [0.15, 0.2) is 5.78 Å². The van der Waals surface area contributed by atoms with Crippen LogP contribution in [0.25, 0.3) is 0 Å². The Hall–Kier alpha value is -0.870. The summed E-state index contributed by atoms with van der Waals surface area (Å²) < 4.78 is 0. The Morgan fingerprint density at radius 3 is 2.53 bits per heavy atom.